The van der Waals surface area contributed by atoms with E-state index in [4.69, 9.17) is 0 Å². The number of rotatable bonds is 11. The van der Waals surface area contributed by atoms with Crippen molar-refractivity contribution in [1.82, 2.24) is 5.32 Å². The van der Waals surface area contributed by atoms with Crippen LogP contribution in [-0.4, -0.2) is 29.0 Å². The third-order valence-electron chi connectivity index (χ3n) is 6.63. The van der Waals surface area contributed by atoms with Crippen molar-refractivity contribution >= 4 is 42.8 Å². The van der Waals surface area contributed by atoms with Crippen molar-refractivity contribution in [3.05, 3.63) is 71.6 Å². The van der Waals surface area contributed by atoms with E-state index in [9.17, 15) is 21.2 Å². The van der Waals surface area contributed by atoms with Gasteiger partial charge >= 0.3 is 0 Å². The van der Waals surface area contributed by atoms with Gasteiger partial charge in [0.05, 0.1) is 10.6 Å². The highest BCUT2D eigenvalue weighted by Crippen LogP contribution is 2.30. The number of halogens is 1. The zero-order valence-corrected chi connectivity index (χ0v) is 23.0. The Hall–Kier alpha value is -2.47. The van der Waals surface area contributed by atoms with Crippen LogP contribution in [0, 0.1) is 5.92 Å². The van der Waals surface area contributed by atoms with Crippen LogP contribution < -0.4 is 14.8 Å². The first-order valence-electron chi connectivity index (χ1n) is 12.3. The minimum atomic E-state index is -3.94. The molecule has 0 saturated heterocycles. The maximum atomic E-state index is 15.0. The number of hydrogen-bond acceptors (Lipinski definition) is 6. The number of thiophene rings is 1. The Bertz CT molecular complexity index is 1370. The minimum absolute atomic E-state index is 0.0103. The van der Waals surface area contributed by atoms with Crippen LogP contribution in [0.15, 0.2) is 75.1 Å². The monoisotopic (exact) mass is 565 g/mol. The van der Waals surface area contributed by atoms with Gasteiger partial charge in [-0.3, -0.25) is 9.44 Å². The molecule has 1 aliphatic carbocycles. The lowest BCUT2D eigenvalue weighted by Crippen LogP contribution is -2.39. The summed E-state index contributed by atoms with van der Waals surface area (Å²) in [5, 5.41) is 4.89. The molecule has 0 amide bonds. The summed E-state index contributed by atoms with van der Waals surface area (Å²) in [5.41, 5.74) is 1.36. The number of anilines is 2. The molecule has 0 bridgehead atoms. The summed E-state index contributed by atoms with van der Waals surface area (Å²) in [6.45, 7) is 2.15. The third-order valence-corrected chi connectivity index (χ3v) is 10.8. The number of hydrogen-bond donors (Lipinski definition) is 3. The average molecular weight is 566 g/mol. The Morgan fingerprint density at radius 1 is 0.892 bits per heavy atom. The van der Waals surface area contributed by atoms with E-state index >= 15 is 0 Å². The van der Waals surface area contributed by atoms with Crippen LogP contribution in [0.3, 0.4) is 0 Å². The predicted molar refractivity (Wildman–Crippen MR) is 147 cm³/mol. The van der Waals surface area contributed by atoms with Gasteiger partial charge in [-0.15, -0.1) is 11.3 Å². The van der Waals surface area contributed by atoms with Crippen LogP contribution in [-0.2, 0) is 26.6 Å². The highest BCUT2D eigenvalue weighted by atomic mass is 32.2. The zero-order chi connectivity index (χ0) is 26.5. The van der Waals surface area contributed by atoms with Gasteiger partial charge in [0.25, 0.3) is 20.0 Å². The van der Waals surface area contributed by atoms with E-state index in [1.165, 1.54) is 36.8 Å². The molecule has 2 atom stereocenters. The molecule has 1 aromatic heterocycles. The van der Waals surface area contributed by atoms with Gasteiger partial charge in [0.1, 0.15) is 10.4 Å². The summed E-state index contributed by atoms with van der Waals surface area (Å²) >= 11 is 1.09. The highest BCUT2D eigenvalue weighted by Gasteiger charge is 2.28. The Labute approximate surface area is 222 Å². The SMILES string of the molecule is CC(NCc1ccccc1NS(=O)(=O)c1ccc(NS(=O)(=O)c2cccs2)cc1)C(F)C1CCCCC1. The smallest absolute Gasteiger partial charge is 0.271 e. The van der Waals surface area contributed by atoms with Crippen molar-refractivity contribution in [3.8, 4) is 0 Å². The molecule has 0 spiro atoms. The van der Waals surface area contributed by atoms with Gasteiger partial charge in [0.2, 0.25) is 0 Å². The van der Waals surface area contributed by atoms with Crippen molar-refractivity contribution in [1.29, 1.82) is 0 Å². The summed E-state index contributed by atoms with van der Waals surface area (Å²) < 4.78 is 71.1. The quantitative estimate of drug-likeness (QED) is 0.275. The zero-order valence-electron chi connectivity index (χ0n) is 20.6. The largest absolute Gasteiger partial charge is 0.307 e. The van der Waals surface area contributed by atoms with Crippen LogP contribution in [0.25, 0.3) is 0 Å². The molecular weight excluding hydrogens is 534 g/mol. The van der Waals surface area contributed by atoms with E-state index in [1.807, 2.05) is 13.0 Å². The predicted octanol–water partition coefficient (Wildman–Crippen LogP) is 5.75. The maximum Gasteiger partial charge on any atom is 0.271 e. The topological polar surface area (TPSA) is 104 Å². The van der Waals surface area contributed by atoms with E-state index in [1.54, 1.807) is 29.6 Å². The van der Waals surface area contributed by atoms with E-state index in [0.717, 1.165) is 37.0 Å². The summed E-state index contributed by atoms with van der Waals surface area (Å²) in [4.78, 5) is -0.0103. The van der Waals surface area contributed by atoms with Crippen molar-refractivity contribution in [2.45, 2.75) is 66.9 Å². The molecule has 3 aromatic rings. The molecule has 1 saturated carbocycles. The first-order valence-corrected chi connectivity index (χ1v) is 16.1. The molecule has 3 N–H and O–H groups in total. The second kappa shape index (κ2) is 11.9. The van der Waals surface area contributed by atoms with Gasteiger partial charge in [0.15, 0.2) is 0 Å². The van der Waals surface area contributed by atoms with Crippen LogP contribution >= 0.6 is 11.3 Å². The lowest BCUT2D eigenvalue weighted by molar-refractivity contribution is 0.142. The first-order chi connectivity index (χ1) is 17.7. The summed E-state index contributed by atoms with van der Waals surface area (Å²) in [6.07, 6.45) is 4.20. The molecule has 1 fully saturated rings. The molecule has 1 heterocycles. The number of sulfonamides is 2. The van der Waals surface area contributed by atoms with Crippen molar-refractivity contribution in [3.63, 3.8) is 0 Å². The Morgan fingerprint density at radius 2 is 1.59 bits per heavy atom. The van der Waals surface area contributed by atoms with Gasteiger partial charge in [-0.1, -0.05) is 43.5 Å². The molecule has 0 radical (unpaired) electrons. The Kier molecular flexibility index (Phi) is 8.89. The van der Waals surface area contributed by atoms with Crippen LogP contribution in [0.4, 0.5) is 15.8 Å². The number of benzene rings is 2. The number of nitrogens with one attached hydrogen (secondary N) is 3. The van der Waals surface area contributed by atoms with Gasteiger partial charge < -0.3 is 5.32 Å². The summed E-state index contributed by atoms with van der Waals surface area (Å²) in [6, 6.07) is 15.3. The van der Waals surface area contributed by atoms with E-state index in [-0.39, 0.29) is 26.8 Å². The number of para-hydroxylation sites is 1. The molecule has 2 aromatic carbocycles. The normalized spacial score (nSPS) is 16.7. The molecule has 4 rings (SSSR count). The van der Waals surface area contributed by atoms with Crippen LogP contribution in [0.2, 0.25) is 0 Å². The first kappa shape index (κ1) is 27.6. The van der Waals surface area contributed by atoms with Crippen molar-refractivity contribution < 1.29 is 21.2 Å². The Morgan fingerprint density at radius 3 is 2.27 bits per heavy atom. The standard InChI is InChI=1S/C26H32FN3O4S3/c1-19(26(27)20-8-3-2-4-9-20)28-18-21-10-5-6-11-24(21)30-36(31,32)23-15-13-22(14-16-23)29-37(33,34)25-12-7-17-35-25/h5-7,10-17,19-20,26,28-30H,2-4,8-9,18H2,1H3. The Balaban J connectivity index is 1.41. The van der Waals surface area contributed by atoms with Gasteiger partial charge in [-0.2, -0.15) is 0 Å². The van der Waals surface area contributed by atoms with Crippen molar-refractivity contribution in [2.24, 2.45) is 5.92 Å². The lowest BCUT2D eigenvalue weighted by Gasteiger charge is -2.29. The van der Waals surface area contributed by atoms with Crippen molar-refractivity contribution in [2.75, 3.05) is 9.44 Å². The highest BCUT2D eigenvalue weighted by molar-refractivity contribution is 7.94. The minimum Gasteiger partial charge on any atom is -0.307 e. The van der Waals surface area contributed by atoms with Gasteiger partial charge in [0, 0.05) is 18.3 Å². The number of alkyl halides is 1. The second-order valence-electron chi connectivity index (χ2n) is 9.34. The van der Waals surface area contributed by atoms with Gasteiger partial charge in [-0.25, -0.2) is 21.2 Å². The van der Waals surface area contributed by atoms with E-state index < -0.39 is 26.2 Å². The molecule has 1 aliphatic rings. The maximum absolute atomic E-state index is 15.0. The lowest BCUT2D eigenvalue weighted by atomic mass is 9.84. The van der Waals surface area contributed by atoms with E-state index in [0.29, 0.717) is 17.8 Å². The average Bonchev–Trinajstić information content (AvgIpc) is 3.44. The summed E-state index contributed by atoms with van der Waals surface area (Å²) in [5.74, 6) is 0.0720. The molecule has 7 nitrogen and oxygen atoms in total. The van der Waals surface area contributed by atoms with Crippen LogP contribution in [0.1, 0.15) is 44.6 Å². The molecule has 11 heteroatoms. The molecule has 0 aliphatic heterocycles. The van der Waals surface area contributed by atoms with Gasteiger partial charge in [-0.05, 0) is 73.0 Å². The fourth-order valence-electron chi connectivity index (χ4n) is 4.55. The van der Waals surface area contributed by atoms with Crippen LogP contribution in [0.5, 0.6) is 0 Å². The molecule has 200 valence electrons. The molecule has 37 heavy (non-hydrogen) atoms. The fourth-order valence-corrected chi connectivity index (χ4v) is 7.70. The molecule has 2 unspecified atom stereocenters. The second-order valence-corrected chi connectivity index (χ2v) is 13.9. The third kappa shape index (κ3) is 7.10. The summed E-state index contributed by atoms with van der Waals surface area (Å²) in [7, 11) is -7.67. The molecular formula is C26H32FN3O4S3. The van der Waals surface area contributed by atoms with E-state index in [2.05, 4.69) is 14.8 Å². The fraction of sp³-hybridized carbons (Fsp3) is 0.385.